The van der Waals surface area contributed by atoms with Crippen LogP contribution < -0.4 is 11.5 Å². The van der Waals surface area contributed by atoms with Gasteiger partial charge in [0.2, 0.25) is 0 Å². The predicted molar refractivity (Wildman–Crippen MR) is 71.7 cm³/mol. The van der Waals surface area contributed by atoms with Crippen molar-refractivity contribution in [2.24, 2.45) is 0 Å². The molecule has 0 aliphatic rings. The predicted octanol–water partition coefficient (Wildman–Crippen LogP) is 2.52. The molecule has 4 nitrogen and oxygen atoms in total. The van der Waals surface area contributed by atoms with Crippen LogP contribution in [0.25, 0.3) is 21.3 Å². The number of fused-ring (bicyclic) bond motifs is 1. The first kappa shape index (κ1) is 10.0. The van der Waals surface area contributed by atoms with Crippen molar-refractivity contribution in [3.63, 3.8) is 0 Å². The van der Waals surface area contributed by atoms with E-state index in [2.05, 4.69) is 9.97 Å². The van der Waals surface area contributed by atoms with Crippen LogP contribution in [0.2, 0.25) is 0 Å². The van der Waals surface area contributed by atoms with Gasteiger partial charge in [-0.3, -0.25) is 0 Å². The van der Waals surface area contributed by atoms with E-state index in [0.29, 0.717) is 5.82 Å². The summed E-state index contributed by atoms with van der Waals surface area (Å²) in [4.78, 5) is 9.14. The van der Waals surface area contributed by atoms with Crippen LogP contribution in [0.3, 0.4) is 0 Å². The number of nitrogens with zero attached hydrogens (tertiary/aromatic N) is 2. The maximum atomic E-state index is 5.90. The Balaban J connectivity index is 2.31. The van der Waals surface area contributed by atoms with E-state index in [1.807, 2.05) is 29.6 Å². The molecule has 0 saturated carbocycles. The lowest BCUT2D eigenvalue weighted by Crippen LogP contribution is -1.92. The molecule has 5 heteroatoms. The minimum absolute atomic E-state index is 0.508. The lowest BCUT2D eigenvalue weighted by molar-refractivity contribution is 1.24. The van der Waals surface area contributed by atoms with E-state index in [1.54, 1.807) is 11.3 Å². The van der Waals surface area contributed by atoms with Crippen LogP contribution in [0.4, 0.5) is 11.5 Å². The highest BCUT2D eigenvalue weighted by Gasteiger charge is 2.10. The van der Waals surface area contributed by atoms with Gasteiger partial charge in [-0.25, -0.2) is 9.97 Å². The Bertz CT molecular complexity index is 690. The molecule has 4 N–H and O–H groups in total. The van der Waals surface area contributed by atoms with E-state index in [9.17, 15) is 0 Å². The molecule has 0 bridgehead atoms. The summed E-state index contributed by atoms with van der Waals surface area (Å²) in [6.45, 7) is 0. The Kier molecular flexibility index (Phi) is 2.19. The summed E-state index contributed by atoms with van der Waals surface area (Å²) in [5.74, 6) is 0.508. The van der Waals surface area contributed by atoms with Gasteiger partial charge in [-0.2, -0.15) is 0 Å². The Hall–Kier alpha value is -2.14. The summed E-state index contributed by atoms with van der Waals surface area (Å²) in [6, 6.07) is 7.71. The van der Waals surface area contributed by atoms with Gasteiger partial charge in [-0.1, -0.05) is 12.1 Å². The van der Waals surface area contributed by atoms with E-state index in [-0.39, 0.29) is 0 Å². The lowest BCUT2D eigenvalue weighted by Gasteiger charge is -2.02. The molecule has 0 fully saturated rings. The highest BCUT2D eigenvalue weighted by molar-refractivity contribution is 7.17. The lowest BCUT2D eigenvalue weighted by atomic mass is 10.1. The molecule has 3 rings (SSSR count). The van der Waals surface area contributed by atoms with Crippen molar-refractivity contribution in [2.75, 3.05) is 11.5 Å². The quantitative estimate of drug-likeness (QED) is 0.643. The van der Waals surface area contributed by atoms with Crippen molar-refractivity contribution < 1.29 is 0 Å². The van der Waals surface area contributed by atoms with Gasteiger partial charge in [-0.15, -0.1) is 11.3 Å². The zero-order chi connectivity index (χ0) is 11.8. The van der Waals surface area contributed by atoms with Crippen LogP contribution >= 0.6 is 11.3 Å². The second kappa shape index (κ2) is 3.71. The molecule has 0 amide bonds. The fourth-order valence-corrected chi connectivity index (χ4v) is 2.74. The molecule has 2 heterocycles. The van der Waals surface area contributed by atoms with E-state index in [0.717, 1.165) is 27.0 Å². The summed E-state index contributed by atoms with van der Waals surface area (Å²) >= 11 is 1.56. The number of aromatic nitrogens is 2. The Morgan fingerprint density at radius 1 is 1.12 bits per heavy atom. The zero-order valence-electron chi connectivity index (χ0n) is 8.92. The first-order valence-electron chi connectivity index (χ1n) is 5.09. The molecule has 0 spiro atoms. The van der Waals surface area contributed by atoms with Crippen LogP contribution in [0.5, 0.6) is 0 Å². The zero-order valence-corrected chi connectivity index (χ0v) is 9.74. The monoisotopic (exact) mass is 242 g/mol. The fourth-order valence-electron chi connectivity index (χ4n) is 1.82. The van der Waals surface area contributed by atoms with E-state index >= 15 is 0 Å². The largest absolute Gasteiger partial charge is 0.399 e. The average molecular weight is 242 g/mol. The first-order chi connectivity index (χ1) is 8.25. The van der Waals surface area contributed by atoms with Gasteiger partial charge in [0, 0.05) is 16.6 Å². The minimum Gasteiger partial charge on any atom is -0.399 e. The number of thiophene rings is 1. The number of benzene rings is 1. The highest BCUT2D eigenvalue weighted by Crippen LogP contribution is 2.35. The maximum absolute atomic E-state index is 5.90. The van der Waals surface area contributed by atoms with Gasteiger partial charge in [0.25, 0.3) is 0 Å². The first-order valence-corrected chi connectivity index (χ1v) is 5.97. The Morgan fingerprint density at radius 2 is 2.00 bits per heavy atom. The van der Waals surface area contributed by atoms with Crippen LogP contribution in [0.15, 0.2) is 36.0 Å². The van der Waals surface area contributed by atoms with E-state index < -0.39 is 0 Å². The topological polar surface area (TPSA) is 77.8 Å². The van der Waals surface area contributed by atoms with Crippen LogP contribution in [-0.2, 0) is 0 Å². The average Bonchev–Trinajstić information content (AvgIpc) is 2.74. The number of anilines is 2. The maximum Gasteiger partial charge on any atom is 0.136 e. The van der Waals surface area contributed by atoms with Gasteiger partial charge >= 0.3 is 0 Å². The van der Waals surface area contributed by atoms with Crippen molar-refractivity contribution in [2.45, 2.75) is 0 Å². The van der Waals surface area contributed by atoms with Crippen molar-refractivity contribution in [1.82, 2.24) is 9.97 Å². The third-order valence-electron chi connectivity index (χ3n) is 2.60. The van der Waals surface area contributed by atoms with E-state index in [1.165, 1.54) is 6.33 Å². The van der Waals surface area contributed by atoms with Gasteiger partial charge in [-0.05, 0) is 17.7 Å². The second-order valence-electron chi connectivity index (χ2n) is 3.71. The molecular weight excluding hydrogens is 232 g/mol. The van der Waals surface area contributed by atoms with Crippen molar-refractivity contribution in [3.8, 4) is 11.1 Å². The molecule has 2 aromatic heterocycles. The van der Waals surface area contributed by atoms with Gasteiger partial charge in [0.05, 0.1) is 5.39 Å². The molecule has 0 aliphatic heterocycles. The van der Waals surface area contributed by atoms with Crippen molar-refractivity contribution in [1.29, 1.82) is 0 Å². The Morgan fingerprint density at radius 3 is 2.82 bits per heavy atom. The molecule has 0 atom stereocenters. The van der Waals surface area contributed by atoms with Gasteiger partial charge in [0.15, 0.2) is 0 Å². The molecule has 0 aliphatic carbocycles. The summed E-state index contributed by atoms with van der Waals surface area (Å²) in [6.07, 6.45) is 1.48. The van der Waals surface area contributed by atoms with Crippen molar-refractivity contribution in [3.05, 3.63) is 36.0 Å². The van der Waals surface area contributed by atoms with Crippen LogP contribution in [0, 0.1) is 0 Å². The smallest absolute Gasteiger partial charge is 0.136 e. The fraction of sp³-hybridized carbons (Fsp3) is 0. The minimum atomic E-state index is 0.508. The summed E-state index contributed by atoms with van der Waals surface area (Å²) in [7, 11) is 0. The standard InChI is InChI=1S/C12H10N4S/c13-8-3-1-2-7(4-8)9-5-17-12-10(9)11(14)15-6-16-12/h1-6H,13H2,(H2,14,15,16). The molecule has 84 valence electrons. The molecular formula is C12H10N4S. The third kappa shape index (κ3) is 1.60. The second-order valence-corrected chi connectivity index (χ2v) is 4.57. The molecule has 3 aromatic rings. The normalized spacial score (nSPS) is 10.8. The molecule has 1 aromatic carbocycles. The number of hydrogen-bond acceptors (Lipinski definition) is 5. The molecule has 0 saturated heterocycles. The van der Waals surface area contributed by atoms with Crippen LogP contribution in [-0.4, -0.2) is 9.97 Å². The summed E-state index contributed by atoms with van der Waals surface area (Å²) < 4.78 is 0. The Labute approximate surface area is 102 Å². The van der Waals surface area contributed by atoms with Crippen molar-refractivity contribution >= 4 is 33.1 Å². The van der Waals surface area contributed by atoms with Gasteiger partial charge in [0.1, 0.15) is 17.0 Å². The molecule has 0 unspecified atom stereocenters. The van der Waals surface area contributed by atoms with Gasteiger partial charge < -0.3 is 11.5 Å². The SMILES string of the molecule is Nc1cccc(-c2csc3ncnc(N)c23)c1. The van der Waals surface area contributed by atoms with E-state index in [4.69, 9.17) is 11.5 Å². The number of rotatable bonds is 1. The van der Waals surface area contributed by atoms with Crippen LogP contribution in [0.1, 0.15) is 0 Å². The highest BCUT2D eigenvalue weighted by atomic mass is 32.1. The number of nitrogen functional groups attached to an aromatic ring is 2. The third-order valence-corrected chi connectivity index (χ3v) is 3.48. The summed E-state index contributed by atoms with van der Waals surface area (Å²) in [5, 5.41) is 2.94. The molecule has 0 radical (unpaired) electrons. The number of hydrogen-bond donors (Lipinski definition) is 2. The molecule has 17 heavy (non-hydrogen) atoms. The summed E-state index contributed by atoms with van der Waals surface area (Å²) in [5.41, 5.74) is 14.5. The number of nitrogens with two attached hydrogens (primary N) is 2.